The first kappa shape index (κ1) is 51.4. The maximum Gasteiger partial charge on any atom is 0.326 e. The topological polar surface area (TPSA) is 224 Å². The van der Waals surface area contributed by atoms with E-state index in [9.17, 15) is 33.8 Å². The normalized spacial score (nSPS) is 14.3. The summed E-state index contributed by atoms with van der Waals surface area (Å²) in [5.74, 6) is -0.799. The summed E-state index contributed by atoms with van der Waals surface area (Å²) < 4.78 is 29.8. The van der Waals surface area contributed by atoms with Gasteiger partial charge >= 0.3 is 11.4 Å². The Morgan fingerprint density at radius 2 is 1.19 bits per heavy atom. The molecule has 0 saturated heterocycles. The monoisotopic (exact) mass is 881 g/mol. The van der Waals surface area contributed by atoms with Crippen LogP contribution in [0.1, 0.15) is 86.5 Å². The summed E-state index contributed by atoms with van der Waals surface area (Å²) in [5, 5.41) is 34.6. The summed E-state index contributed by atoms with van der Waals surface area (Å²) in [6.07, 6.45) is 9.62. The molecule has 0 bridgehead atoms. The van der Waals surface area contributed by atoms with Crippen LogP contribution >= 0.6 is 0 Å². The number of nitro groups is 2. The molecule has 5 aromatic rings. The van der Waals surface area contributed by atoms with Crippen LogP contribution in [-0.2, 0) is 0 Å². The van der Waals surface area contributed by atoms with Gasteiger partial charge in [-0.05, 0) is 114 Å². The molecule has 63 heavy (non-hydrogen) atoms. The molecule has 9 rings (SSSR count). The second kappa shape index (κ2) is 29.4. The molecule has 0 amide bonds. The van der Waals surface area contributed by atoms with E-state index in [0.29, 0.717) is 29.9 Å². The highest BCUT2D eigenvalue weighted by Gasteiger charge is 2.27. The minimum atomic E-state index is -1.00. The van der Waals surface area contributed by atoms with Crippen LogP contribution < -0.4 is 27.8 Å². The molecule has 0 spiro atoms. The summed E-state index contributed by atoms with van der Waals surface area (Å²) in [5.41, 5.74) is 15.2. The highest BCUT2D eigenvalue weighted by molar-refractivity contribution is 5.75. The third-order valence-electron chi connectivity index (χ3n) is 9.48. The maximum atomic E-state index is 12.4. The van der Waals surface area contributed by atoms with Gasteiger partial charge in [-0.15, -0.1) is 0 Å². The number of benzene rings is 4. The Bertz CT molecular complexity index is 2130. The van der Waals surface area contributed by atoms with E-state index in [1.165, 1.54) is 63.5 Å². The molecule has 4 aliphatic rings. The minimum absolute atomic E-state index is 0.0312. The Labute approximate surface area is 370 Å². The predicted octanol–water partition coefficient (Wildman–Crippen LogP) is 9.45. The number of aliphatic hydroxyl groups is 1. The summed E-state index contributed by atoms with van der Waals surface area (Å²) in [4.78, 5) is 36.2. The Morgan fingerprint density at radius 3 is 1.60 bits per heavy atom. The molecule has 4 fully saturated rings. The van der Waals surface area contributed by atoms with Gasteiger partial charge in [0.05, 0.1) is 40.8 Å². The van der Waals surface area contributed by atoms with Gasteiger partial charge in [0, 0.05) is 42.9 Å². The number of nitrogen functional groups attached to an aromatic ring is 1. The van der Waals surface area contributed by atoms with Gasteiger partial charge in [0.2, 0.25) is 5.82 Å². The fourth-order valence-electron chi connectivity index (χ4n) is 5.41. The van der Waals surface area contributed by atoms with E-state index in [-0.39, 0.29) is 22.9 Å². The van der Waals surface area contributed by atoms with E-state index in [4.69, 9.17) is 17.9 Å². The van der Waals surface area contributed by atoms with Gasteiger partial charge in [0.1, 0.15) is 5.69 Å². The molecule has 15 nitrogen and oxygen atoms in total. The smallest absolute Gasteiger partial charge is 0.326 e. The highest BCUT2D eigenvalue weighted by Crippen LogP contribution is 2.35. The number of halogens is 2. The molecule has 8 N–H and O–H groups in total. The van der Waals surface area contributed by atoms with Crippen LogP contribution in [0.5, 0.6) is 0 Å². The van der Waals surface area contributed by atoms with Gasteiger partial charge in [0.25, 0.3) is 5.69 Å². The first-order valence-corrected chi connectivity index (χ1v) is 21.4. The zero-order chi connectivity index (χ0) is 47.4. The van der Waals surface area contributed by atoms with Crippen LogP contribution in [0.15, 0.2) is 102 Å². The number of nitrogens with zero attached hydrogens (tertiary/aromatic N) is 4. The largest absolute Gasteiger partial charge is 0.397 e. The molecule has 4 aromatic carbocycles. The minimum Gasteiger partial charge on any atom is -0.397 e. The molecule has 1 aromatic heterocycles. The third-order valence-corrected chi connectivity index (χ3v) is 9.48. The third kappa shape index (κ3) is 21.1. The summed E-state index contributed by atoms with van der Waals surface area (Å²) in [6, 6.07) is 29.6. The number of aliphatic hydroxyl groups excluding tert-OH is 1. The molecule has 4 saturated carbocycles. The zero-order valence-corrected chi connectivity index (χ0v) is 36.9. The fraction of sp³-hybridized carbons (Fsp3) is 0.457. The number of fused-ring (bicyclic) bond motifs is 1. The van der Waals surface area contributed by atoms with E-state index >= 15 is 0 Å². The number of hydrogen-bond acceptors (Lipinski definition) is 11. The summed E-state index contributed by atoms with van der Waals surface area (Å²) in [6.45, 7) is 12.1. The standard InChI is InChI=1S/C10H10N2O.C9H10N2O2.C9H12N2.C6H4FNO2.C6H15N.C3H7N.C2H6O.CH3F/c13-10-11-8-3-1-2-4-9(8)12(10)7-5-6-7;12-11(13)9-4-2-1-3-8(9)10-7-5-6-7;10-8-3-1-2-4-9(8)11-7-5-6-7;7-5-3-1-2-4-6(5)8(9)10;1-4-7(5-2)6-3;4-3-1-2-3;1-2-3;1-2/h1-4,7H,5-6H2,(H,11,13);1-4,7,10H,5-6H2;1-4,7,11H,5-6,10H2;1-4H;4-6H2,1-3H3;3H,1-2,4H2;3H,2H2,1H3;1H3/i;;;;;;;1D. The van der Waals surface area contributed by atoms with Crippen molar-refractivity contribution < 1.29 is 25.1 Å². The van der Waals surface area contributed by atoms with Gasteiger partial charge in [-0.1, -0.05) is 69.3 Å². The van der Waals surface area contributed by atoms with E-state index < -0.39 is 23.6 Å². The second-order valence-corrected chi connectivity index (χ2v) is 14.7. The lowest BCUT2D eigenvalue weighted by molar-refractivity contribution is -0.387. The van der Waals surface area contributed by atoms with Gasteiger partial charge in [0.15, 0.2) is 0 Å². The quantitative estimate of drug-likeness (QED) is 0.0440. The number of hydrogen-bond donors (Lipinski definition) is 6. The van der Waals surface area contributed by atoms with Gasteiger partial charge < -0.3 is 37.1 Å². The number of nitrogens with two attached hydrogens (primary N) is 2. The summed E-state index contributed by atoms with van der Waals surface area (Å²) >= 11 is 0. The maximum absolute atomic E-state index is 12.4. The van der Waals surface area contributed by atoms with Crippen molar-refractivity contribution >= 4 is 39.5 Å². The number of aromatic nitrogens is 2. The Balaban J connectivity index is 0.000000264. The second-order valence-electron chi connectivity index (χ2n) is 14.7. The van der Waals surface area contributed by atoms with Crippen molar-refractivity contribution in [2.24, 2.45) is 5.73 Å². The number of imidazole rings is 1. The van der Waals surface area contributed by atoms with E-state index in [1.54, 1.807) is 25.1 Å². The van der Waals surface area contributed by atoms with Crippen LogP contribution in [0.4, 0.5) is 37.2 Å². The number of H-pyrrole nitrogens is 1. The molecule has 346 valence electrons. The van der Waals surface area contributed by atoms with Crippen LogP contribution in [0.2, 0.25) is 0 Å². The van der Waals surface area contributed by atoms with Crippen LogP contribution in [0.3, 0.4) is 0 Å². The van der Waals surface area contributed by atoms with Crippen molar-refractivity contribution in [1.82, 2.24) is 14.5 Å². The van der Waals surface area contributed by atoms with Gasteiger partial charge in [-0.3, -0.25) is 29.2 Å². The molecule has 4 aliphatic carbocycles. The molecular formula is C46H67F2N9O6. The highest BCUT2D eigenvalue weighted by atomic mass is 19.1. The number of alkyl halides is 1. The molecule has 17 heteroatoms. The summed E-state index contributed by atoms with van der Waals surface area (Å²) in [7, 11) is -1.00. The van der Waals surface area contributed by atoms with Crippen molar-refractivity contribution in [2.75, 3.05) is 49.8 Å². The number of aromatic amines is 1. The Morgan fingerprint density at radius 1 is 0.762 bits per heavy atom. The molecule has 1 heterocycles. The molecule has 0 radical (unpaired) electrons. The average Bonchev–Trinajstić information content (AvgIpc) is 4.02. The van der Waals surface area contributed by atoms with Gasteiger partial charge in [-0.2, -0.15) is 4.39 Å². The zero-order valence-electron chi connectivity index (χ0n) is 37.9. The fourth-order valence-corrected chi connectivity index (χ4v) is 5.41. The van der Waals surface area contributed by atoms with Crippen molar-refractivity contribution in [2.45, 2.75) is 103 Å². The lowest BCUT2D eigenvalue weighted by Gasteiger charge is -2.13. The first-order valence-electron chi connectivity index (χ1n) is 22.1. The number of nitro benzene ring substituents is 2. The Kier molecular flexibility index (Phi) is 24.0. The molecular weight excluding hydrogens is 813 g/mol. The van der Waals surface area contributed by atoms with E-state index in [0.717, 1.165) is 60.2 Å². The number of nitrogens with one attached hydrogen (secondary N) is 3. The van der Waals surface area contributed by atoms with E-state index in [2.05, 4.69) is 41.3 Å². The van der Waals surface area contributed by atoms with Crippen molar-refractivity contribution in [3.05, 3.63) is 134 Å². The van der Waals surface area contributed by atoms with E-state index in [1.807, 2.05) is 53.1 Å². The van der Waals surface area contributed by atoms with Crippen LogP contribution in [0, 0.1) is 26.0 Å². The SMILES string of the molecule is CCN(CC)CC.CCO.NC1CC1.Nc1ccccc1NC1CC1.O=[N+]([O-])c1ccccc1F.O=[N+]([O-])c1ccccc1NC1CC1.O=c1[nH]c2ccccc2n1C1CC1.[2H]CF. The molecule has 0 unspecified atom stereocenters. The van der Waals surface area contributed by atoms with Crippen molar-refractivity contribution in [3.63, 3.8) is 0 Å². The van der Waals surface area contributed by atoms with Crippen LogP contribution in [0.25, 0.3) is 11.0 Å². The lowest BCUT2D eigenvalue weighted by atomic mass is 10.2. The van der Waals surface area contributed by atoms with Gasteiger partial charge in [-0.25, -0.2) is 4.79 Å². The number of rotatable bonds is 10. The Hall–Kier alpha value is -5.91. The molecule has 0 atom stereocenters. The van der Waals surface area contributed by atoms with Crippen LogP contribution in [-0.4, -0.2) is 80.9 Å². The number of anilines is 3. The first-order chi connectivity index (χ1) is 30.8. The molecule has 0 aliphatic heterocycles. The average molecular weight is 881 g/mol. The van der Waals surface area contributed by atoms with Crippen molar-refractivity contribution in [1.29, 1.82) is 0 Å². The van der Waals surface area contributed by atoms with Crippen molar-refractivity contribution in [3.8, 4) is 0 Å². The predicted molar refractivity (Wildman–Crippen MR) is 252 cm³/mol. The lowest BCUT2D eigenvalue weighted by Crippen LogP contribution is -2.21. The number of para-hydroxylation sites is 7.